The van der Waals surface area contributed by atoms with E-state index in [2.05, 4.69) is 43.9 Å². The van der Waals surface area contributed by atoms with Crippen molar-refractivity contribution in [1.82, 2.24) is 19.9 Å². The minimum Gasteiger partial charge on any atom is -0.481 e. The third kappa shape index (κ3) is 4.20. The lowest BCUT2D eigenvalue weighted by Gasteiger charge is -2.37. The molecule has 1 fully saturated rings. The number of rotatable bonds is 6. The Kier molecular flexibility index (Phi) is 5.59. The molecule has 6 nitrogen and oxygen atoms in total. The highest BCUT2D eigenvalue weighted by Gasteiger charge is 2.24. The fourth-order valence-corrected chi connectivity index (χ4v) is 3.15. The van der Waals surface area contributed by atoms with E-state index in [1.54, 1.807) is 19.4 Å². The number of ether oxygens (including phenoxy) is 1. The molecule has 1 saturated heterocycles. The van der Waals surface area contributed by atoms with Crippen LogP contribution in [0.4, 0.5) is 5.95 Å². The van der Waals surface area contributed by atoms with Crippen molar-refractivity contribution in [3.63, 3.8) is 0 Å². The second-order valence-corrected chi connectivity index (χ2v) is 6.18. The lowest BCUT2D eigenvalue weighted by molar-refractivity contribution is 0.207. The number of likely N-dealkylation sites (N-methyl/N-ethyl adjacent to an activating group) is 1. The minimum absolute atomic E-state index is 0.426. The molecule has 2 aromatic rings. The summed E-state index contributed by atoms with van der Waals surface area (Å²) < 4.78 is 5.21. The van der Waals surface area contributed by atoms with E-state index in [0.29, 0.717) is 11.9 Å². The first-order valence-electron chi connectivity index (χ1n) is 8.48. The first-order chi connectivity index (χ1) is 11.8. The number of likely N-dealkylation sites (tertiary alicyclic amines) is 1. The standard InChI is InChI=1S/C18H25N5O/c1-22(18-20-11-8-17(21-18)24-2)16-7-5-12-23(14-16)13-9-15-6-3-4-10-19-15/h3-4,6,8,10-11,16H,5,7,9,12-14H2,1-2H3. The zero-order valence-corrected chi connectivity index (χ0v) is 14.4. The van der Waals surface area contributed by atoms with Gasteiger partial charge in [0.1, 0.15) is 0 Å². The molecule has 1 unspecified atom stereocenters. The molecule has 0 bridgehead atoms. The summed E-state index contributed by atoms with van der Waals surface area (Å²) in [6.45, 7) is 3.22. The molecule has 2 aromatic heterocycles. The zero-order chi connectivity index (χ0) is 16.8. The molecule has 0 saturated carbocycles. The Morgan fingerprint density at radius 3 is 2.96 bits per heavy atom. The Balaban J connectivity index is 1.58. The molecule has 128 valence electrons. The number of anilines is 1. The number of hydrogen-bond donors (Lipinski definition) is 0. The van der Waals surface area contributed by atoms with Gasteiger partial charge in [-0.2, -0.15) is 4.98 Å². The van der Waals surface area contributed by atoms with Gasteiger partial charge in [0.2, 0.25) is 11.8 Å². The van der Waals surface area contributed by atoms with Crippen LogP contribution in [0.1, 0.15) is 18.5 Å². The molecule has 6 heteroatoms. The maximum atomic E-state index is 5.21. The summed E-state index contributed by atoms with van der Waals surface area (Å²) in [6, 6.07) is 8.31. The Morgan fingerprint density at radius 2 is 2.17 bits per heavy atom. The maximum Gasteiger partial charge on any atom is 0.228 e. The van der Waals surface area contributed by atoms with Gasteiger partial charge >= 0.3 is 0 Å². The van der Waals surface area contributed by atoms with Crippen molar-refractivity contribution in [2.45, 2.75) is 25.3 Å². The summed E-state index contributed by atoms with van der Waals surface area (Å²) >= 11 is 0. The molecular formula is C18H25N5O. The summed E-state index contributed by atoms with van der Waals surface area (Å²) in [4.78, 5) is 17.9. The Labute approximate surface area is 143 Å². The predicted octanol–water partition coefficient (Wildman–Crippen LogP) is 2.02. The van der Waals surface area contributed by atoms with Crippen LogP contribution in [0.2, 0.25) is 0 Å². The number of pyridine rings is 1. The van der Waals surface area contributed by atoms with Crippen molar-refractivity contribution in [2.75, 3.05) is 38.7 Å². The van der Waals surface area contributed by atoms with Crippen molar-refractivity contribution in [3.8, 4) is 5.88 Å². The highest BCUT2D eigenvalue weighted by Crippen LogP contribution is 2.20. The molecule has 0 aromatic carbocycles. The van der Waals surface area contributed by atoms with Gasteiger partial charge in [-0.05, 0) is 31.5 Å². The first-order valence-corrected chi connectivity index (χ1v) is 8.48. The van der Waals surface area contributed by atoms with E-state index in [4.69, 9.17) is 4.74 Å². The lowest BCUT2D eigenvalue weighted by Crippen LogP contribution is -2.47. The third-order valence-electron chi connectivity index (χ3n) is 4.58. The number of piperidine rings is 1. The number of hydrogen-bond acceptors (Lipinski definition) is 6. The van der Waals surface area contributed by atoms with Crippen LogP contribution >= 0.6 is 0 Å². The quantitative estimate of drug-likeness (QED) is 0.809. The average Bonchev–Trinajstić information content (AvgIpc) is 2.67. The van der Waals surface area contributed by atoms with Crippen LogP contribution in [0.3, 0.4) is 0 Å². The Bertz CT molecular complexity index is 636. The van der Waals surface area contributed by atoms with Gasteiger partial charge in [-0.3, -0.25) is 4.98 Å². The summed E-state index contributed by atoms with van der Waals surface area (Å²) in [6.07, 6.45) is 6.97. The molecule has 0 N–H and O–H groups in total. The van der Waals surface area contributed by atoms with Crippen LogP contribution in [-0.2, 0) is 6.42 Å². The van der Waals surface area contributed by atoms with Crippen molar-refractivity contribution >= 4 is 5.95 Å². The van der Waals surface area contributed by atoms with Crippen LogP contribution in [0.5, 0.6) is 5.88 Å². The number of methoxy groups -OCH3 is 1. The summed E-state index contributed by atoms with van der Waals surface area (Å²) in [5, 5.41) is 0. The van der Waals surface area contributed by atoms with E-state index in [-0.39, 0.29) is 0 Å². The molecule has 1 aliphatic heterocycles. The van der Waals surface area contributed by atoms with Crippen molar-refractivity contribution in [1.29, 1.82) is 0 Å². The van der Waals surface area contributed by atoms with E-state index in [9.17, 15) is 0 Å². The Hall–Kier alpha value is -2.21. The van der Waals surface area contributed by atoms with Gasteiger partial charge < -0.3 is 14.5 Å². The van der Waals surface area contributed by atoms with E-state index >= 15 is 0 Å². The van der Waals surface area contributed by atoms with Crippen molar-refractivity contribution in [3.05, 3.63) is 42.4 Å². The Morgan fingerprint density at radius 1 is 1.25 bits per heavy atom. The highest BCUT2D eigenvalue weighted by atomic mass is 16.5. The topological polar surface area (TPSA) is 54.4 Å². The SMILES string of the molecule is COc1ccnc(N(C)C2CCCN(CCc3ccccn3)C2)n1. The molecule has 3 heterocycles. The smallest absolute Gasteiger partial charge is 0.228 e. The van der Waals surface area contributed by atoms with Gasteiger partial charge in [-0.15, -0.1) is 0 Å². The fraction of sp³-hybridized carbons (Fsp3) is 0.500. The van der Waals surface area contributed by atoms with Gasteiger partial charge in [0.25, 0.3) is 0 Å². The molecule has 0 radical (unpaired) electrons. The third-order valence-corrected chi connectivity index (χ3v) is 4.58. The minimum atomic E-state index is 0.426. The molecule has 1 atom stereocenters. The summed E-state index contributed by atoms with van der Waals surface area (Å²) in [7, 11) is 3.70. The van der Waals surface area contributed by atoms with E-state index < -0.39 is 0 Å². The van der Waals surface area contributed by atoms with Gasteiger partial charge in [0.15, 0.2) is 0 Å². The van der Waals surface area contributed by atoms with E-state index in [1.807, 2.05) is 12.3 Å². The van der Waals surface area contributed by atoms with E-state index in [1.165, 1.54) is 6.42 Å². The number of nitrogens with zero attached hydrogens (tertiary/aromatic N) is 5. The molecule has 1 aliphatic rings. The monoisotopic (exact) mass is 327 g/mol. The molecule has 3 rings (SSSR count). The zero-order valence-electron chi connectivity index (χ0n) is 14.4. The van der Waals surface area contributed by atoms with Crippen LogP contribution in [0, 0.1) is 0 Å². The van der Waals surface area contributed by atoms with Gasteiger partial charge in [0, 0.05) is 56.8 Å². The second kappa shape index (κ2) is 8.06. The van der Waals surface area contributed by atoms with Gasteiger partial charge in [0.05, 0.1) is 7.11 Å². The van der Waals surface area contributed by atoms with Crippen molar-refractivity contribution in [2.24, 2.45) is 0 Å². The van der Waals surface area contributed by atoms with E-state index in [0.717, 1.165) is 44.1 Å². The van der Waals surface area contributed by atoms with Gasteiger partial charge in [-0.25, -0.2) is 4.98 Å². The molecule has 0 aliphatic carbocycles. The van der Waals surface area contributed by atoms with Crippen LogP contribution in [-0.4, -0.2) is 59.7 Å². The highest BCUT2D eigenvalue weighted by molar-refractivity contribution is 5.32. The second-order valence-electron chi connectivity index (χ2n) is 6.18. The summed E-state index contributed by atoms with van der Waals surface area (Å²) in [5.41, 5.74) is 1.16. The van der Waals surface area contributed by atoms with Crippen molar-refractivity contribution < 1.29 is 4.74 Å². The fourth-order valence-electron chi connectivity index (χ4n) is 3.15. The summed E-state index contributed by atoms with van der Waals surface area (Å²) in [5.74, 6) is 1.33. The molecule has 24 heavy (non-hydrogen) atoms. The molecule has 0 amide bonds. The molecular weight excluding hydrogens is 302 g/mol. The first kappa shape index (κ1) is 16.6. The molecule has 0 spiro atoms. The largest absolute Gasteiger partial charge is 0.481 e. The lowest BCUT2D eigenvalue weighted by atomic mass is 10.0. The normalized spacial score (nSPS) is 18.3. The average molecular weight is 327 g/mol. The number of aromatic nitrogens is 3. The van der Waals surface area contributed by atoms with Crippen LogP contribution in [0.15, 0.2) is 36.7 Å². The van der Waals surface area contributed by atoms with Gasteiger partial charge in [-0.1, -0.05) is 6.07 Å². The van der Waals surface area contributed by atoms with Crippen LogP contribution < -0.4 is 9.64 Å². The maximum absolute atomic E-state index is 5.21. The van der Waals surface area contributed by atoms with Crippen LogP contribution in [0.25, 0.3) is 0 Å². The predicted molar refractivity (Wildman–Crippen MR) is 94.4 cm³/mol.